The minimum Gasteiger partial charge on any atom is -0.314 e. The molecule has 1 heteroatoms. The fourth-order valence-electron chi connectivity index (χ4n) is 1.31. The zero-order valence-corrected chi connectivity index (χ0v) is 8.48. The molecule has 0 saturated carbocycles. The van der Waals surface area contributed by atoms with E-state index in [9.17, 15) is 0 Å². The van der Waals surface area contributed by atoms with E-state index in [0.29, 0.717) is 0 Å². The van der Waals surface area contributed by atoms with E-state index in [1.807, 2.05) is 0 Å². The van der Waals surface area contributed by atoms with E-state index in [1.165, 1.54) is 25.8 Å². The lowest BCUT2D eigenvalue weighted by Gasteiger charge is -2.18. The van der Waals surface area contributed by atoms with Gasteiger partial charge in [0.05, 0.1) is 0 Å². The van der Waals surface area contributed by atoms with Crippen molar-refractivity contribution in [2.24, 2.45) is 5.92 Å². The predicted octanol–water partition coefficient (Wildman–Crippen LogP) is 2.81. The average Bonchev–Trinajstić information content (AvgIpc) is 1.97. The Kier molecular flexibility index (Phi) is 6.63. The second-order valence-corrected chi connectivity index (χ2v) is 3.69. The normalized spacial score (nSPS) is 13.9. The quantitative estimate of drug-likeness (QED) is 0.625. The smallest absolute Gasteiger partial charge is 0.00668 e. The molecular weight excluding hydrogens is 134 g/mol. The monoisotopic (exact) mass is 157 g/mol. The Hall–Kier alpha value is -0.0400. The Balaban J connectivity index is 3.41. The minimum atomic E-state index is 0.745. The second-order valence-electron chi connectivity index (χ2n) is 3.69. The number of nitrogens with one attached hydrogen (secondary N) is 1. The van der Waals surface area contributed by atoms with Gasteiger partial charge < -0.3 is 5.32 Å². The highest BCUT2D eigenvalue weighted by atomic mass is 14.9. The van der Waals surface area contributed by atoms with E-state index in [0.717, 1.165) is 12.0 Å². The Morgan fingerprint density at radius 1 is 1.18 bits per heavy atom. The lowest BCUT2D eigenvalue weighted by molar-refractivity contribution is 0.409. The Labute approximate surface area is 71.6 Å². The summed E-state index contributed by atoms with van der Waals surface area (Å²) >= 11 is 0. The van der Waals surface area contributed by atoms with Crippen LogP contribution in [0.25, 0.3) is 0 Å². The molecule has 0 spiro atoms. The number of hydrogen-bond acceptors (Lipinski definition) is 1. The zero-order chi connectivity index (χ0) is 8.69. The lowest BCUT2D eigenvalue weighted by Crippen LogP contribution is -2.30. The lowest BCUT2D eigenvalue weighted by atomic mass is 10.0. The highest BCUT2D eigenvalue weighted by molar-refractivity contribution is 4.65. The van der Waals surface area contributed by atoms with E-state index in [4.69, 9.17) is 0 Å². The third-order valence-electron chi connectivity index (χ3n) is 1.93. The summed E-state index contributed by atoms with van der Waals surface area (Å²) in [6, 6.07) is 0.745. The number of hydrogen-bond donors (Lipinski definition) is 1. The summed E-state index contributed by atoms with van der Waals surface area (Å²) in [5.41, 5.74) is 0. The summed E-state index contributed by atoms with van der Waals surface area (Å²) in [6.45, 7) is 10.2. The maximum Gasteiger partial charge on any atom is 0.00668 e. The summed E-state index contributed by atoms with van der Waals surface area (Å²) in [6.07, 6.45) is 3.82. The minimum absolute atomic E-state index is 0.745. The maximum absolute atomic E-state index is 3.55. The van der Waals surface area contributed by atoms with Crippen LogP contribution in [0.3, 0.4) is 0 Å². The van der Waals surface area contributed by atoms with E-state index in [1.54, 1.807) is 0 Å². The van der Waals surface area contributed by atoms with Gasteiger partial charge in [-0.05, 0) is 31.7 Å². The van der Waals surface area contributed by atoms with Crippen LogP contribution in [0, 0.1) is 5.92 Å². The zero-order valence-electron chi connectivity index (χ0n) is 8.48. The van der Waals surface area contributed by atoms with Crippen molar-refractivity contribution in [2.75, 3.05) is 6.54 Å². The largest absolute Gasteiger partial charge is 0.314 e. The first-order chi connectivity index (χ1) is 5.20. The van der Waals surface area contributed by atoms with Crippen LogP contribution >= 0.6 is 0 Å². The highest BCUT2D eigenvalue weighted by Gasteiger charge is 2.05. The third-order valence-corrected chi connectivity index (χ3v) is 1.93. The fourth-order valence-corrected chi connectivity index (χ4v) is 1.31. The summed E-state index contributed by atoms with van der Waals surface area (Å²) in [7, 11) is 0. The van der Waals surface area contributed by atoms with Crippen LogP contribution < -0.4 is 5.32 Å². The Morgan fingerprint density at radius 3 is 2.18 bits per heavy atom. The van der Waals surface area contributed by atoms with E-state index in [2.05, 4.69) is 33.0 Å². The first-order valence-corrected chi connectivity index (χ1v) is 4.94. The summed E-state index contributed by atoms with van der Waals surface area (Å²) in [5.74, 6) is 0.823. The van der Waals surface area contributed by atoms with Gasteiger partial charge in [-0.1, -0.05) is 27.7 Å². The van der Waals surface area contributed by atoms with Gasteiger partial charge in [0.15, 0.2) is 0 Å². The molecular formula is C10H23N. The van der Waals surface area contributed by atoms with Crippen molar-refractivity contribution in [3.8, 4) is 0 Å². The molecule has 0 aromatic heterocycles. The average molecular weight is 157 g/mol. The topological polar surface area (TPSA) is 12.0 Å². The van der Waals surface area contributed by atoms with Gasteiger partial charge in [0.1, 0.15) is 0 Å². The molecule has 0 radical (unpaired) electrons. The highest BCUT2D eigenvalue weighted by Crippen LogP contribution is 2.06. The van der Waals surface area contributed by atoms with Gasteiger partial charge in [-0.2, -0.15) is 0 Å². The predicted molar refractivity (Wildman–Crippen MR) is 51.8 cm³/mol. The van der Waals surface area contributed by atoms with E-state index < -0.39 is 0 Å². The van der Waals surface area contributed by atoms with Crippen LogP contribution in [0.4, 0.5) is 0 Å². The maximum atomic E-state index is 3.55. The Bertz CT molecular complexity index is 78.9. The molecule has 0 aromatic carbocycles. The van der Waals surface area contributed by atoms with Crippen molar-refractivity contribution in [1.82, 2.24) is 5.32 Å². The van der Waals surface area contributed by atoms with Crippen molar-refractivity contribution >= 4 is 0 Å². The van der Waals surface area contributed by atoms with Gasteiger partial charge in [0, 0.05) is 6.04 Å². The van der Waals surface area contributed by atoms with Gasteiger partial charge in [-0.15, -0.1) is 0 Å². The summed E-state index contributed by atoms with van der Waals surface area (Å²) in [5, 5.41) is 3.55. The summed E-state index contributed by atoms with van der Waals surface area (Å²) in [4.78, 5) is 0. The SMILES string of the molecule is CCCNC(CC)CC(C)C. The molecule has 0 bridgehead atoms. The standard InChI is InChI=1S/C10H23N/c1-5-7-11-10(6-2)8-9(3)4/h9-11H,5-8H2,1-4H3. The van der Waals surface area contributed by atoms with Crippen molar-refractivity contribution in [2.45, 2.75) is 53.0 Å². The van der Waals surface area contributed by atoms with E-state index in [-0.39, 0.29) is 0 Å². The molecule has 0 aliphatic rings. The fraction of sp³-hybridized carbons (Fsp3) is 1.00. The third kappa shape index (κ3) is 6.36. The summed E-state index contributed by atoms with van der Waals surface area (Å²) < 4.78 is 0. The van der Waals surface area contributed by atoms with Crippen LogP contribution in [-0.4, -0.2) is 12.6 Å². The molecule has 1 unspecified atom stereocenters. The van der Waals surface area contributed by atoms with E-state index >= 15 is 0 Å². The molecule has 0 amide bonds. The molecule has 11 heavy (non-hydrogen) atoms. The van der Waals surface area contributed by atoms with Crippen LogP contribution in [0.2, 0.25) is 0 Å². The van der Waals surface area contributed by atoms with Gasteiger partial charge >= 0.3 is 0 Å². The molecule has 68 valence electrons. The van der Waals surface area contributed by atoms with Gasteiger partial charge in [0.25, 0.3) is 0 Å². The van der Waals surface area contributed by atoms with Crippen molar-refractivity contribution in [3.05, 3.63) is 0 Å². The molecule has 0 aliphatic carbocycles. The molecule has 0 rings (SSSR count). The van der Waals surface area contributed by atoms with Crippen molar-refractivity contribution < 1.29 is 0 Å². The molecule has 0 fully saturated rings. The van der Waals surface area contributed by atoms with Crippen molar-refractivity contribution in [3.63, 3.8) is 0 Å². The van der Waals surface area contributed by atoms with Gasteiger partial charge in [-0.3, -0.25) is 0 Å². The van der Waals surface area contributed by atoms with Crippen LogP contribution in [0.1, 0.15) is 47.0 Å². The molecule has 1 nitrogen and oxygen atoms in total. The van der Waals surface area contributed by atoms with Crippen LogP contribution in [-0.2, 0) is 0 Å². The first kappa shape index (κ1) is 11.0. The number of rotatable bonds is 6. The Morgan fingerprint density at radius 2 is 1.82 bits per heavy atom. The molecule has 0 saturated heterocycles. The van der Waals surface area contributed by atoms with Crippen molar-refractivity contribution in [1.29, 1.82) is 0 Å². The van der Waals surface area contributed by atoms with Gasteiger partial charge in [-0.25, -0.2) is 0 Å². The molecule has 1 atom stereocenters. The van der Waals surface area contributed by atoms with Crippen LogP contribution in [0.15, 0.2) is 0 Å². The molecule has 0 aliphatic heterocycles. The van der Waals surface area contributed by atoms with Gasteiger partial charge in [0.2, 0.25) is 0 Å². The molecule has 0 aromatic rings. The first-order valence-electron chi connectivity index (χ1n) is 4.94. The second kappa shape index (κ2) is 6.66. The molecule has 1 N–H and O–H groups in total. The molecule has 0 heterocycles. The van der Waals surface area contributed by atoms with Crippen LogP contribution in [0.5, 0.6) is 0 Å².